The number of esters is 1. The highest BCUT2D eigenvalue weighted by Gasteiger charge is 2.27. The van der Waals surface area contributed by atoms with Crippen LogP contribution < -0.4 is 5.32 Å². The fraction of sp³-hybridized carbons (Fsp3) is 0.360. The molecule has 0 saturated carbocycles. The molecule has 0 bridgehead atoms. The Morgan fingerprint density at radius 2 is 2.00 bits per heavy atom. The SMILES string of the molecule is CCOC(=O)Cn1c2c(c3cc(F)ccc31)C[C@@H](NC(=O)COCc1ccccc1)CC2. The summed E-state index contributed by atoms with van der Waals surface area (Å²) in [6.07, 6.45) is 2.00. The number of carbonyl (C=O) groups excluding carboxylic acids is 2. The predicted molar refractivity (Wildman–Crippen MR) is 119 cm³/mol. The number of aromatic nitrogens is 1. The van der Waals surface area contributed by atoms with Crippen molar-refractivity contribution in [3.05, 3.63) is 71.2 Å². The van der Waals surface area contributed by atoms with Crippen LogP contribution in [0, 0.1) is 5.82 Å². The molecular formula is C25H27FN2O4. The molecule has 0 spiro atoms. The molecular weight excluding hydrogens is 411 g/mol. The highest BCUT2D eigenvalue weighted by atomic mass is 19.1. The van der Waals surface area contributed by atoms with Gasteiger partial charge in [0, 0.05) is 22.6 Å². The number of rotatable bonds is 8. The minimum absolute atomic E-state index is 0.0164. The molecule has 1 amide bonds. The van der Waals surface area contributed by atoms with Crippen LogP contribution in [-0.4, -0.2) is 35.7 Å². The van der Waals surface area contributed by atoms with Crippen molar-refractivity contribution < 1.29 is 23.5 Å². The van der Waals surface area contributed by atoms with Gasteiger partial charge in [-0.3, -0.25) is 9.59 Å². The quantitative estimate of drug-likeness (QED) is 0.547. The first-order valence-electron chi connectivity index (χ1n) is 10.9. The van der Waals surface area contributed by atoms with Crippen LogP contribution in [0.1, 0.15) is 30.2 Å². The van der Waals surface area contributed by atoms with Crippen LogP contribution in [-0.2, 0) is 45.1 Å². The van der Waals surface area contributed by atoms with Crippen LogP contribution in [0.25, 0.3) is 10.9 Å². The second kappa shape index (κ2) is 9.96. The number of benzene rings is 2. The maximum atomic E-state index is 14.0. The summed E-state index contributed by atoms with van der Waals surface area (Å²) in [5, 5.41) is 3.82. The number of nitrogens with one attached hydrogen (secondary N) is 1. The van der Waals surface area contributed by atoms with E-state index in [1.165, 1.54) is 12.1 Å². The van der Waals surface area contributed by atoms with Gasteiger partial charge in [-0.1, -0.05) is 30.3 Å². The average Bonchev–Trinajstić information content (AvgIpc) is 3.07. The smallest absolute Gasteiger partial charge is 0.325 e. The van der Waals surface area contributed by atoms with Gasteiger partial charge in [0.1, 0.15) is 19.0 Å². The van der Waals surface area contributed by atoms with Crippen LogP contribution >= 0.6 is 0 Å². The molecule has 32 heavy (non-hydrogen) atoms. The van der Waals surface area contributed by atoms with Gasteiger partial charge in [0.05, 0.1) is 13.2 Å². The van der Waals surface area contributed by atoms with E-state index in [-0.39, 0.29) is 36.9 Å². The highest BCUT2D eigenvalue weighted by molar-refractivity contribution is 5.87. The predicted octanol–water partition coefficient (Wildman–Crippen LogP) is 3.53. The van der Waals surface area contributed by atoms with Gasteiger partial charge >= 0.3 is 5.97 Å². The van der Waals surface area contributed by atoms with Crippen molar-refractivity contribution in [3.8, 4) is 0 Å². The van der Waals surface area contributed by atoms with Gasteiger partial charge in [-0.15, -0.1) is 0 Å². The number of carbonyl (C=O) groups is 2. The second-order valence-electron chi connectivity index (χ2n) is 7.96. The first kappa shape index (κ1) is 22.0. The molecule has 0 fully saturated rings. The van der Waals surface area contributed by atoms with E-state index in [4.69, 9.17) is 9.47 Å². The van der Waals surface area contributed by atoms with E-state index in [1.54, 1.807) is 13.0 Å². The van der Waals surface area contributed by atoms with Crippen LogP contribution in [0.4, 0.5) is 4.39 Å². The van der Waals surface area contributed by atoms with E-state index in [0.29, 0.717) is 26.1 Å². The largest absolute Gasteiger partial charge is 0.465 e. The lowest BCUT2D eigenvalue weighted by atomic mass is 9.91. The molecule has 168 valence electrons. The molecule has 1 aliphatic rings. The standard InChI is InChI=1S/C25H27FN2O4/c1-2-32-25(30)14-28-22-10-8-18(26)12-20(22)21-13-19(9-11-23(21)28)27-24(29)16-31-15-17-6-4-3-5-7-17/h3-8,10,12,19H,2,9,11,13-16H2,1H3,(H,27,29)/t19-/m0/s1. The summed E-state index contributed by atoms with van der Waals surface area (Å²) in [6.45, 7) is 2.54. The molecule has 1 atom stereocenters. The third-order valence-electron chi connectivity index (χ3n) is 5.73. The second-order valence-corrected chi connectivity index (χ2v) is 7.96. The van der Waals surface area contributed by atoms with Gasteiger partial charge in [0.25, 0.3) is 0 Å². The van der Waals surface area contributed by atoms with E-state index in [0.717, 1.165) is 34.1 Å². The normalized spacial score (nSPS) is 15.4. The first-order chi connectivity index (χ1) is 15.5. The van der Waals surface area contributed by atoms with E-state index < -0.39 is 0 Å². The summed E-state index contributed by atoms with van der Waals surface area (Å²) in [5.41, 5.74) is 3.80. The summed E-state index contributed by atoms with van der Waals surface area (Å²) in [5.74, 6) is -0.813. The Balaban J connectivity index is 1.44. The third-order valence-corrected chi connectivity index (χ3v) is 5.73. The van der Waals surface area contributed by atoms with Crippen molar-refractivity contribution >= 4 is 22.8 Å². The van der Waals surface area contributed by atoms with Crippen LogP contribution in [0.3, 0.4) is 0 Å². The molecule has 1 aliphatic carbocycles. The Bertz CT molecular complexity index is 1110. The number of fused-ring (bicyclic) bond motifs is 3. The zero-order chi connectivity index (χ0) is 22.5. The Hall–Kier alpha value is -3.19. The van der Waals surface area contributed by atoms with E-state index in [2.05, 4.69) is 5.32 Å². The molecule has 4 rings (SSSR count). The van der Waals surface area contributed by atoms with Crippen molar-refractivity contribution in [1.29, 1.82) is 0 Å². The molecule has 1 heterocycles. The Morgan fingerprint density at radius 3 is 2.78 bits per heavy atom. The lowest BCUT2D eigenvalue weighted by molar-refractivity contribution is -0.143. The van der Waals surface area contributed by atoms with E-state index >= 15 is 0 Å². The molecule has 7 heteroatoms. The lowest BCUT2D eigenvalue weighted by Gasteiger charge is -2.25. The van der Waals surface area contributed by atoms with Crippen LogP contribution in [0.5, 0.6) is 0 Å². The molecule has 0 unspecified atom stereocenters. The van der Waals surface area contributed by atoms with Crippen molar-refractivity contribution in [2.75, 3.05) is 13.2 Å². The Kier molecular flexibility index (Phi) is 6.85. The Morgan fingerprint density at radius 1 is 1.19 bits per heavy atom. The minimum atomic E-state index is -0.325. The van der Waals surface area contributed by atoms with E-state index in [1.807, 2.05) is 34.9 Å². The monoisotopic (exact) mass is 438 g/mol. The molecule has 0 aliphatic heterocycles. The van der Waals surface area contributed by atoms with Crippen molar-refractivity contribution in [3.63, 3.8) is 0 Å². The minimum Gasteiger partial charge on any atom is -0.465 e. The number of nitrogens with zero attached hydrogens (tertiary/aromatic N) is 1. The highest BCUT2D eigenvalue weighted by Crippen LogP contribution is 2.33. The first-order valence-corrected chi connectivity index (χ1v) is 10.9. The molecule has 0 saturated heterocycles. The van der Waals surface area contributed by atoms with Gasteiger partial charge in [-0.2, -0.15) is 0 Å². The molecule has 0 radical (unpaired) electrons. The zero-order valence-electron chi connectivity index (χ0n) is 18.1. The zero-order valence-corrected chi connectivity index (χ0v) is 18.1. The van der Waals surface area contributed by atoms with Gasteiger partial charge in [0.2, 0.25) is 5.91 Å². The van der Waals surface area contributed by atoms with Gasteiger partial charge in [0.15, 0.2) is 0 Å². The van der Waals surface area contributed by atoms with Crippen molar-refractivity contribution in [2.24, 2.45) is 0 Å². The third kappa shape index (κ3) is 4.99. The van der Waals surface area contributed by atoms with Crippen LogP contribution in [0.2, 0.25) is 0 Å². The van der Waals surface area contributed by atoms with Crippen molar-refractivity contribution in [1.82, 2.24) is 9.88 Å². The summed E-state index contributed by atoms with van der Waals surface area (Å²) < 4.78 is 26.6. The van der Waals surface area contributed by atoms with Gasteiger partial charge in [-0.05, 0) is 55.5 Å². The summed E-state index contributed by atoms with van der Waals surface area (Å²) >= 11 is 0. The molecule has 1 aromatic heterocycles. The lowest BCUT2D eigenvalue weighted by Crippen LogP contribution is -2.40. The number of hydrogen-bond donors (Lipinski definition) is 1. The number of hydrogen-bond acceptors (Lipinski definition) is 4. The molecule has 1 N–H and O–H groups in total. The fourth-order valence-electron chi connectivity index (χ4n) is 4.37. The number of ether oxygens (including phenoxy) is 2. The van der Waals surface area contributed by atoms with Crippen LogP contribution in [0.15, 0.2) is 48.5 Å². The molecule has 3 aromatic rings. The van der Waals surface area contributed by atoms with Crippen molar-refractivity contribution in [2.45, 2.75) is 45.4 Å². The van der Waals surface area contributed by atoms with E-state index in [9.17, 15) is 14.0 Å². The summed E-state index contributed by atoms with van der Waals surface area (Å²) in [4.78, 5) is 24.5. The summed E-state index contributed by atoms with van der Waals surface area (Å²) in [7, 11) is 0. The van der Waals surface area contributed by atoms with Gasteiger partial charge < -0.3 is 19.4 Å². The maximum Gasteiger partial charge on any atom is 0.325 e. The molecule has 2 aromatic carbocycles. The number of halogens is 1. The summed E-state index contributed by atoms with van der Waals surface area (Å²) in [6, 6.07) is 14.2. The Labute approximate surface area is 186 Å². The molecule has 6 nitrogen and oxygen atoms in total. The average molecular weight is 438 g/mol. The topological polar surface area (TPSA) is 69.6 Å². The maximum absolute atomic E-state index is 14.0. The van der Waals surface area contributed by atoms with Gasteiger partial charge in [-0.25, -0.2) is 4.39 Å². The number of amides is 1. The fourth-order valence-corrected chi connectivity index (χ4v) is 4.37.